The molecule has 0 saturated heterocycles. The van der Waals surface area contributed by atoms with E-state index in [1.165, 1.54) is 7.11 Å². The Morgan fingerprint density at radius 2 is 1.77 bits per heavy atom. The van der Waals surface area contributed by atoms with Gasteiger partial charge in [-0.2, -0.15) is 0 Å². The number of hydrogen-bond donors (Lipinski definition) is 1. The van der Waals surface area contributed by atoms with Crippen molar-refractivity contribution >= 4 is 18.0 Å². The van der Waals surface area contributed by atoms with Gasteiger partial charge in [0.05, 0.1) is 7.11 Å². The van der Waals surface area contributed by atoms with E-state index in [4.69, 9.17) is 9.47 Å². The lowest BCUT2D eigenvalue weighted by Crippen LogP contribution is -2.37. The molecule has 1 amide bonds. The lowest BCUT2D eigenvalue weighted by molar-refractivity contribution is -0.150. The van der Waals surface area contributed by atoms with Crippen LogP contribution in [0.25, 0.3) is 0 Å². The molecule has 1 rings (SSSR count). The van der Waals surface area contributed by atoms with Crippen LogP contribution >= 0.6 is 0 Å². The summed E-state index contributed by atoms with van der Waals surface area (Å²) < 4.78 is 14.3. The molecule has 0 spiro atoms. The molecular formula is C15H23NO6. The van der Waals surface area contributed by atoms with Crippen LogP contribution in [0.4, 0.5) is 4.79 Å². The Morgan fingerprint density at radius 1 is 1.14 bits per heavy atom. The highest BCUT2D eigenvalue weighted by Crippen LogP contribution is 2.27. The zero-order valence-electron chi connectivity index (χ0n) is 12.8. The Kier molecular flexibility index (Phi) is 8.03. The maximum absolute atomic E-state index is 11.7. The summed E-state index contributed by atoms with van der Waals surface area (Å²) in [5, 5.41) is 2.77. The third kappa shape index (κ3) is 7.10. The van der Waals surface area contributed by atoms with Crippen LogP contribution in [-0.2, 0) is 23.8 Å². The molecule has 0 heterocycles. The van der Waals surface area contributed by atoms with Gasteiger partial charge in [-0.25, -0.2) is 9.59 Å². The molecule has 0 atom stereocenters. The minimum absolute atomic E-state index is 0.0341. The maximum atomic E-state index is 11.7. The molecule has 1 aliphatic rings. The van der Waals surface area contributed by atoms with Crippen LogP contribution in [0.2, 0.25) is 0 Å². The molecule has 1 saturated carbocycles. The Balaban J connectivity index is 2.12. The van der Waals surface area contributed by atoms with Crippen LogP contribution in [0.3, 0.4) is 0 Å². The van der Waals surface area contributed by atoms with Gasteiger partial charge in [0.15, 0.2) is 0 Å². The summed E-state index contributed by atoms with van der Waals surface area (Å²) in [4.78, 5) is 33.5. The van der Waals surface area contributed by atoms with Crippen LogP contribution in [-0.4, -0.2) is 44.4 Å². The standard InChI is InChI=1S/C15H23NO6/c1-3-13(17)21-8-9-22-14(18)10-11-4-6-12(7-5-11)16-15(19)20-2/h3,11-12H,1,4-10H2,2H3,(H,16,19). The van der Waals surface area contributed by atoms with Crippen molar-refractivity contribution < 1.29 is 28.6 Å². The van der Waals surface area contributed by atoms with Crippen molar-refractivity contribution in [2.45, 2.75) is 38.1 Å². The normalized spacial score (nSPS) is 20.6. The van der Waals surface area contributed by atoms with Gasteiger partial charge in [-0.1, -0.05) is 6.58 Å². The second-order valence-corrected chi connectivity index (χ2v) is 5.15. The second-order valence-electron chi connectivity index (χ2n) is 5.15. The minimum Gasteiger partial charge on any atom is -0.462 e. The van der Waals surface area contributed by atoms with E-state index in [0.29, 0.717) is 6.42 Å². The molecule has 0 aromatic rings. The molecule has 1 aliphatic carbocycles. The number of amides is 1. The summed E-state index contributed by atoms with van der Waals surface area (Å²) in [5.41, 5.74) is 0. The Bertz CT molecular complexity index is 401. The van der Waals surface area contributed by atoms with Crippen LogP contribution in [0.1, 0.15) is 32.1 Å². The minimum atomic E-state index is -0.535. The predicted molar refractivity (Wildman–Crippen MR) is 78.0 cm³/mol. The number of rotatable bonds is 7. The third-order valence-corrected chi connectivity index (χ3v) is 3.57. The van der Waals surface area contributed by atoms with Gasteiger partial charge in [0.2, 0.25) is 0 Å². The van der Waals surface area contributed by atoms with Gasteiger partial charge in [0.25, 0.3) is 0 Å². The quantitative estimate of drug-likeness (QED) is 0.332. The number of hydrogen-bond acceptors (Lipinski definition) is 6. The van der Waals surface area contributed by atoms with Crippen LogP contribution in [0, 0.1) is 5.92 Å². The van der Waals surface area contributed by atoms with Gasteiger partial charge in [-0.15, -0.1) is 0 Å². The zero-order chi connectivity index (χ0) is 16.4. The highest BCUT2D eigenvalue weighted by atomic mass is 16.6. The zero-order valence-corrected chi connectivity index (χ0v) is 12.8. The maximum Gasteiger partial charge on any atom is 0.407 e. The molecular weight excluding hydrogens is 290 g/mol. The highest BCUT2D eigenvalue weighted by molar-refractivity contribution is 5.81. The first kappa shape index (κ1) is 18.0. The summed E-state index contributed by atoms with van der Waals surface area (Å²) >= 11 is 0. The lowest BCUT2D eigenvalue weighted by Gasteiger charge is -2.28. The molecule has 22 heavy (non-hydrogen) atoms. The molecule has 0 bridgehead atoms. The van der Waals surface area contributed by atoms with Gasteiger partial charge in [0, 0.05) is 18.5 Å². The molecule has 0 aromatic heterocycles. The van der Waals surface area contributed by atoms with Crippen LogP contribution < -0.4 is 5.32 Å². The first-order valence-corrected chi connectivity index (χ1v) is 7.34. The van der Waals surface area contributed by atoms with Crippen molar-refractivity contribution in [1.29, 1.82) is 0 Å². The Labute approximate surface area is 130 Å². The molecule has 1 N–H and O–H groups in total. The van der Waals surface area contributed by atoms with Gasteiger partial charge in [0.1, 0.15) is 13.2 Å². The van der Waals surface area contributed by atoms with Crippen LogP contribution in [0.15, 0.2) is 12.7 Å². The van der Waals surface area contributed by atoms with Crippen molar-refractivity contribution in [3.63, 3.8) is 0 Å². The van der Waals surface area contributed by atoms with E-state index < -0.39 is 12.1 Å². The van der Waals surface area contributed by atoms with Gasteiger partial charge in [-0.05, 0) is 31.6 Å². The number of alkyl carbamates (subject to hydrolysis) is 1. The molecule has 0 radical (unpaired) electrons. The third-order valence-electron chi connectivity index (χ3n) is 3.57. The topological polar surface area (TPSA) is 90.9 Å². The summed E-state index contributed by atoms with van der Waals surface area (Å²) in [7, 11) is 1.34. The van der Waals surface area contributed by atoms with E-state index in [0.717, 1.165) is 31.8 Å². The predicted octanol–water partition coefficient (Wildman–Crippen LogP) is 1.56. The SMILES string of the molecule is C=CC(=O)OCCOC(=O)CC1CCC(NC(=O)OC)CC1. The lowest BCUT2D eigenvalue weighted by atomic mass is 9.84. The van der Waals surface area contributed by atoms with Gasteiger partial charge >= 0.3 is 18.0 Å². The van der Waals surface area contributed by atoms with Crippen molar-refractivity contribution in [2.75, 3.05) is 20.3 Å². The fraction of sp³-hybridized carbons (Fsp3) is 0.667. The van der Waals surface area contributed by atoms with Crippen molar-refractivity contribution in [2.24, 2.45) is 5.92 Å². The summed E-state index contributed by atoms with van der Waals surface area (Å²) in [5.74, 6) is -0.564. The monoisotopic (exact) mass is 313 g/mol. The Morgan fingerprint density at radius 3 is 2.36 bits per heavy atom. The van der Waals surface area contributed by atoms with E-state index >= 15 is 0 Å². The number of carbonyl (C=O) groups excluding carboxylic acids is 3. The Hall–Kier alpha value is -2.05. The average molecular weight is 313 g/mol. The first-order valence-electron chi connectivity index (χ1n) is 7.34. The van der Waals surface area contributed by atoms with Crippen molar-refractivity contribution in [3.8, 4) is 0 Å². The molecule has 0 aliphatic heterocycles. The van der Waals surface area contributed by atoms with Gasteiger partial charge < -0.3 is 19.5 Å². The second kappa shape index (κ2) is 9.81. The van der Waals surface area contributed by atoms with Crippen molar-refractivity contribution in [1.82, 2.24) is 5.32 Å². The largest absolute Gasteiger partial charge is 0.462 e. The van der Waals surface area contributed by atoms with Crippen LogP contribution in [0.5, 0.6) is 0 Å². The molecule has 7 heteroatoms. The van der Waals surface area contributed by atoms with E-state index in [9.17, 15) is 14.4 Å². The molecule has 0 unspecified atom stereocenters. The molecule has 7 nitrogen and oxygen atoms in total. The number of esters is 2. The van der Waals surface area contributed by atoms with Crippen molar-refractivity contribution in [3.05, 3.63) is 12.7 Å². The van der Waals surface area contributed by atoms with Gasteiger partial charge in [-0.3, -0.25) is 4.79 Å². The fourth-order valence-electron chi connectivity index (χ4n) is 2.39. The number of methoxy groups -OCH3 is 1. The average Bonchev–Trinajstić information content (AvgIpc) is 2.53. The highest BCUT2D eigenvalue weighted by Gasteiger charge is 2.24. The van der Waals surface area contributed by atoms with E-state index in [2.05, 4.69) is 16.6 Å². The number of ether oxygens (including phenoxy) is 3. The molecule has 1 fully saturated rings. The number of nitrogens with one attached hydrogen (secondary N) is 1. The van der Waals surface area contributed by atoms with E-state index in [1.54, 1.807) is 0 Å². The summed E-state index contributed by atoms with van der Waals surface area (Å²) in [6, 6.07) is 0.109. The van der Waals surface area contributed by atoms with E-state index in [-0.39, 0.29) is 31.1 Å². The number of carbonyl (C=O) groups is 3. The van der Waals surface area contributed by atoms with E-state index in [1.807, 2.05) is 0 Å². The molecule has 0 aromatic carbocycles. The summed E-state index contributed by atoms with van der Waals surface area (Å²) in [6.07, 6.45) is 4.35. The smallest absolute Gasteiger partial charge is 0.407 e. The first-order chi connectivity index (χ1) is 10.5. The molecule has 124 valence electrons. The fourth-order valence-corrected chi connectivity index (χ4v) is 2.39. The summed E-state index contributed by atoms with van der Waals surface area (Å²) in [6.45, 7) is 3.35.